The molecule has 2 N–H and O–H groups in total. The monoisotopic (exact) mass is 392 g/mol. The summed E-state index contributed by atoms with van der Waals surface area (Å²) in [6.45, 7) is 8.52. The first-order valence-electron chi connectivity index (χ1n) is 9.35. The van der Waals surface area contributed by atoms with Gasteiger partial charge in [-0.25, -0.2) is 4.79 Å². The number of aryl methyl sites for hydroxylation is 1. The Balaban J connectivity index is 2.09. The van der Waals surface area contributed by atoms with E-state index in [-0.39, 0.29) is 11.0 Å². The fourth-order valence-electron chi connectivity index (χ4n) is 3.12. The van der Waals surface area contributed by atoms with Crippen LogP contribution in [0.25, 0.3) is 6.08 Å². The van der Waals surface area contributed by atoms with Crippen molar-refractivity contribution in [2.75, 3.05) is 0 Å². The molecule has 1 heterocycles. The number of barbiturate groups is 1. The number of imide groups is 2. The molecule has 2 aromatic carbocycles. The molecule has 0 atom stereocenters. The molecule has 1 fully saturated rings. The van der Waals surface area contributed by atoms with Gasteiger partial charge in [-0.15, -0.1) is 0 Å². The highest BCUT2D eigenvalue weighted by atomic mass is 16.5. The predicted octanol–water partition coefficient (Wildman–Crippen LogP) is 3.62. The van der Waals surface area contributed by atoms with E-state index >= 15 is 0 Å². The Morgan fingerprint density at radius 3 is 2.17 bits per heavy atom. The van der Waals surface area contributed by atoms with Crippen molar-refractivity contribution >= 4 is 23.9 Å². The summed E-state index contributed by atoms with van der Waals surface area (Å²) in [6, 6.07) is 12.8. The van der Waals surface area contributed by atoms with Gasteiger partial charge in [0.25, 0.3) is 11.8 Å². The van der Waals surface area contributed by atoms with E-state index in [4.69, 9.17) is 4.74 Å². The molecule has 2 aromatic rings. The van der Waals surface area contributed by atoms with Gasteiger partial charge in [0.2, 0.25) is 0 Å². The molecule has 0 spiro atoms. The van der Waals surface area contributed by atoms with Crippen LogP contribution in [0, 0.1) is 6.92 Å². The molecule has 0 aromatic heterocycles. The lowest BCUT2D eigenvalue weighted by Gasteiger charge is -2.25. The van der Waals surface area contributed by atoms with Gasteiger partial charge >= 0.3 is 6.03 Å². The first-order chi connectivity index (χ1) is 13.6. The molecule has 3 rings (SSSR count). The van der Waals surface area contributed by atoms with Crippen molar-refractivity contribution in [2.45, 2.75) is 39.7 Å². The Bertz CT molecular complexity index is 980. The number of amides is 4. The summed E-state index contributed by atoms with van der Waals surface area (Å²) in [4.78, 5) is 35.7. The molecule has 0 unspecified atom stereocenters. The van der Waals surface area contributed by atoms with Crippen LogP contribution in [-0.2, 0) is 21.6 Å². The van der Waals surface area contributed by atoms with Gasteiger partial charge < -0.3 is 4.74 Å². The van der Waals surface area contributed by atoms with Crippen molar-refractivity contribution in [1.82, 2.24) is 10.6 Å². The standard InChI is InChI=1S/C23H24N2O4/c1-14-10-16(12-17-20(26)24-22(28)25-21(17)27)19(18(11-14)23(2,3)4)29-13-15-8-6-5-7-9-15/h5-12H,13H2,1-4H3,(H2,24,25,26,27,28). The number of ether oxygens (including phenoxy) is 1. The lowest BCUT2D eigenvalue weighted by Crippen LogP contribution is -2.51. The normalized spacial score (nSPS) is 14.3. The average Bonchev–Trinajstić information content (AvgIpc) is 2.63. The van der Waals surface area contributed by atoms with E-state index in [9.17, 15) is 14.4 Å². The summed E-state index contributed by atoms with van der Waals surface area (Å²) in [5.74, 6) is -0.852. The molecule has 0 saturated carbocycles. The summed E-state index contributed by atoms with van der Waals surface area (Å²) in [6.07, 6.45) is 1.47. The lowest BCUT2D eigenvalue weighted by molar-refractivity contribution is -0.123. The van der Waals surface area contributed by atoms with Crippen LogP contribution in [0.15, 0.2) is 48.0 Å². The number of urea groups is 1. The molecule has 4 amide bonds. The highest BCUT2D eigenvalue weighted by molar-refractivity contribution is 6.31. The van der Waals surface area contributed by atoms with Gasteiger partial charge in [0.1, 0.15) is 17.9 Å². The van der Waals surface area contributed by atoms with Crippen LogP contribution < -0.4 is 15.4 Å². The van der Waals surface area contributed by atoms with Crippen molar-refractivity contribution < 1.29 is 19.1 Å². The van der Waals surface area contributed by atoms with E-state index in [1.54, 1.807) is 0 Å². The third-order valence-electron chi connectivity index (χ3n) is 4.54. The van der Waals surface area contributed by atoms with Gasteiger partial charge in [-0.1, -0.05) is 57.2 Å². The average molecular weight is 392 g/mol. The highest BCUT2D eigenvalue weighted by Crippen LogP contribution is 2.37. The van der Waals surface area contributed by atoms with E-state index in [2.05, 4.69) is 31.4 Å². The number of rotatable bonds is 4. The Hall–Kier alpha value is -3.41. The van der Waals surface area contributed by atoms with E-state index < -0.39 is 17.8 Å². The van der Waals surface area contributed by atoms with Crippen LogP contribution in [0.5, 0.6) is 5.75 Å². The Morgan fingerprint density at radius 2 is 1.59 bits per heavy atom. The molecule has 1 aliphatic rings. The number of nitrogens with one attached hydrogen (secondary N) is 2. The molecule has 29 heavy (non-hydrogen) atoms. The molecule has 1 aliphatic heterocycles. The Morgan fingerprint density at radius 1 is 0.966 bits per heavy atom. The van der Waals surface area contributed by atoms with Crippen LogP contribution in [0.2, 0.25) is 0 Å². The summed E-state index contributed by atoms with van der Waals surface area (Å²) < 4.78 is 6.19. The van der Waals surface area contributed by atoms with Crippen LogP contribution in [0.3, 0.4) is 0 Å². The van der Waals surface area contributed by atoms with Crippen molar-refractivity contribution in [3.8, 4) is 5.75 Å². The van der Waals surface area contributed by atoms with Crippen molar-refractivity contribution in [3.63, 3.8) is 0 Å². The van der Waals surface area contributed by atoms with Gasteiger partial charge in [-0.2, -0.15) is 0 Å². The van der Waals surface area contributed by atoms with Gasteiger partial charge in [0, 0.05) is 11.1 Å². The highest BCUT2D eigenvalue weighted by Gasteiger charge is 2.29. The molecule has 0 aliphatic carbocycles. The fourth-order valence-corrected chi connectivity index (χ4v) is 3.12. The maximum absolute atomic E-state index is 12.2. The maximum atomic E-state index is 12.2. The fraction of sp³-hybridized carbons (Fsp3) is 0.261. The summed E-state index contributed by atoms with van der Waals surface area (Å²) in [7, 11) is 0. The van der Waals surface area contributed by atoms with Crippen LogP contribution in [-0.4, -0.2) is 17.8 Å². The van der Waals surface area contributed by atoms with Gasteiger partial charge in [0.15, 0.2) is 0 Å². The lowest BCUT2D eigenvalue weighted by atomic mass is 9.83. The topological polar surface area (TPSA) is 84.5 Å². The number of hydrogen-bond acceptors (Lipinski definition) is 4. The second-order valence-electron chi connectivity index (χ2n) is 8.05. The zero-order valence-electron chi connectivity index (χ0n) is 17.0. The van der Waals surface area contributed by atoms with E-state index in [1.807, 2.05) is 49.4 Å². The number of hydrogen-bond donors (Lipinski definition) is 2. The predicted molar refractivity (Wildman–Crippen MR) is 110 cm³/mol. The van der Waals surface area contributed by atoms with E-state index in [0.717, 1.165) is 16.7 Å². The number of carbonyl (C=O) groups is 3. The smallest absolute Gasteiger partial charge is 0.328 e. The minimum Gasteiger partial charge on any atom is -0.488 e. The number of benzene rings is 2. The third kappa shape index (κ3) is 4.71. The Labute approximate surface area is 170 Å². The van der Waals surface area contributed by atoms with Crippen molar-refractivity contribution in [1.29, 1.82) is 0 Å². The molecular formula is C23H24N2O4. The molecular weight excluding hydrogens is 368 g/mol. The zero-order valence-corrected chi connectivity index (χ0v) is 17.0. The summed E-state index contributed by atoms with van der Waals surface area (Å²) in [5.41, 5.74) is 3.19. The van der Waals surface area contributed by atoms with E-state index in [0.29, 0.717) is 17.9 Å². The van der Waals surface area contributed by atoms with Crippen molar-refractivity contribution in [2.24, 2.45) is 0 Å². The molecule has 1 saturated heterocycles. The first kappa shape index (κ1) is 20.3. The molecule has 150 valence electrons. The zero-order chi connectivity index (χ0) is 21.2. The molecule has 0 radical (unpaired) electrons. The first-order valence-corrected chi connectivity index (χ1v) is 9.35. The Kier molecular flexibility index (Phi) is 5.55. The third-order valence-corrected chi connectivity index (χ3v) is 4.54. The summed E-state index contributed by atoms with van der Waals surface area (Å²) >= 11 is 0. The molecule has 6 heteroatoms. The second-order valence-corrected chi connectivity index (χ2v) is 8.05. The SMILES string of the molecule is Cc1cc(C=C2C(=O)NC(=O)NC2=O)c(OCc2ccccc2)c(C(C)(C)C)c1. The van der Waals surface area contributed by atoms with Crippen molar-refractivity contribution in [3.05, 3.63) is 70.3 Å². The van der Waals surface area contributed by atoms with Gasteiger partial charge in [-0.05, 0) is 35.6 Å². The van der Waals surface area contributed by atoms with Crippen LogP contribution in [0.1, 0.15) is 43.0 Å². The largest absolute Gasteiger partial charge is 0.488 e. The minimum absolute atomic E-state index is 0.139. The van der Waals surface area contributed by atoms with E-state index in [1.165, 1.54) is 6.08 Å². The van der Waals surface area contributed by atoms with Crippen LogP contribution >= 0.6 is 0 Å². The van der Waals surface area contributed by atoms with Gasteiger partial charge in [-0.3, -0.25) is 20.2 Å². The number of carbonyl (C=O) groups excluding carboxylic acids is 3. The second kappa shape index (κ2) is 7.91. The molecule has 0 bridgehead atoms. The maximum Gasteiger partial charge on any atom is 0.328 e. The summed E-state index contributed by atoms with van der Waals surface area (Å²) in [5, 5.41) is 4.20. The quantitative estimate of drug-likeness (QED) is 0.615. The minimum atomic E-state index is -0.822. The van der Waals surface area contributed by atoms with Gasteiger partial charge in [0.05, 0.1) is 0 Å². The molecule has 6 nitrogen and oxygen atoms in total. The van der Waals surface area contributed by atoms with Crippen LogP contribution in [0.4, 0.5) is 4.79 Å².